The topological polar surface area (TPSA) is 53.7 Å². The molecule has 0 aromatic carbocycles. The third-order valence-electron chi connectivity index (χ3n) is 3.68. The van der Waals surface area contributed by atoms with Crippen LogP contribution < -0.4 is 0 Å². The molecule has 1 aliphatic carbocycles. The fourth-order valence-corrected chi connectivity index (χ4v) is 2.75. The van der Waals surface area contributed by atoms with Crippen molar-refractivity contribution in [3.63, 3.8) is 0 Å². The molecule has 0 unspecified atom stereocenters. The van der Waals surface area contributed by atoms with Gasteiger partial charge in [0.2, 0.25) is 0 Å². The molecule has 1 N–H and O–H groups in total. The number of furan rings is 1. The lowest BCUT2D eigenvalue weighted by molar-refractivity contribution is 0.0156. The van der Waals surface area contributed by atoms with Gasteiger partial charge in [0.1, 0.15) is 11.5 Å². The molecule has 100 valence electrons. The maximum Gasteiger partial charge on any atom is 0.257 e. The highest BCUT2D eigenvalue weighted by Crippen LogP contribution is 2.30. The average Bonchev–Trinajstić information content (AvgIpc) is 2.84. The van der Waals surface area contributed by atoms with E-state index in [9.17, 15) is 9.90 Å². The SMILES string of the molecule is Cc1cc(C(=O)N(C)CC2(O)CCCC2)c(C)o1. The molecule has 1 aromatic heterocycles. The molecular weight excluding hydrogens is 230 g/mol. The number of amides is 1. The summed E-state index contributed by atoms with van der Waals surface area (Å²) in [4.78, 5) is 13.9. The van der Waals surface area contributed by atoms with Crippen molar-refractivity contribution in [3.8, 4) is 0 Å². The molecule has 1 fully saturated rings. The molecule has 0 radical (unpaired) electrons. The largest absolute Gasteiger partial charge is 0.466 e. The molecule has 1 aliphatic rings. The first-order valence-corrected chi connectivity index (χ1v) is 6.46. The molecular formula is C14H21NO3. The molecule has 0 aliphatic heterocycles. The zero-order valence-electron chi connectivity index (χ0n) is 11.3. The van der Waals surface area contributed by atoms with Crippen LogP contribution in [-0.2, 0) is 0 Å². The van der Waals surface area contributed by atoms with Crippen molar-refractivity contribution in [1.82, 2.24) is 4.90 Å². The van der Waals surface area contributed by atoms with Crippen molar-refractivity contribution in [2.24, 2.45) is 0 Å². The van der Waals surface area contributed by atoms with Crippen LogP contribution >= 0.6 is 0 Å². The molecule has 2 rings (SSSR count). The molecule has 1 heterocycles. The molecule has 1 saturated carbocycles. The summed E-state index contributed by atoms with van der Waals surface area (Å²) in [5.41, 5.74) is -0.103. The van der Waals surface area contributed by atoms with E-state index in [-0.39, 0.29) is 5.91 Å². The van der Waals surface area contributed by atoms with E-state index in [1.807, 2.05) is 6.92 Å². The van der Waals surface area contributed by atoms with Crippen molar-refractivity contribution < 1.29 is 14.3 Å². The molecule has 0 spiro atoms. The first-order chi connectivity index (χ1) is 8.41. The first-order valence-electron chi connectivity index (χ1n) is 6.46. The standard InChI is InChI=1S/C14H21NO3/c1-10-8-12(11(2)18-10)13(16)15(3)9-14(17)6-4-5-7-14/h8,17H,4-7,9H2,1-3H3. The fourth-order valence-electron chi connectivity index (χ4n) is 2.75. The van der Waals surface area contributed by atoms with Crippen molar-refractivity contribution in [2.75, 3.05) is 13.6 Å². The van der Waals surface area contributed by atoms with E-state index in [0.29, 0.717) is 17.9 Å². The zero-order chi connectivity index (χ0) is 13.3. The quantitative estimate of drug-likeness (QED) is 0.896. The molecule has 0 saturated heterocycles. The highest BCUT2D eigenvalue weighted by atomic mass is 16.3. The number of carbonyl (C=O) groups is 1. The maximum absolute atomic E-state index is 12.3. The summed E-state index contributed by atoms with van der Waals surface area (Å²) < 4.78 is 5.37. The van der Waals surface area contributed by atoms with Crippen LogP contribution in [0.4, 0.5) is 0 Å². The van der Waals surface area contributed by atoms with Gasteiger partial charge in [0.25, 0.3) is 5.91 Å². The Morgan fingerprint density at radius 3 is 2.56 bits per heavy atom. The van der Waals surface area contributed by atoms with E-state index in [1.165, 1.54) is 0 Å². The first kappa shape index (κ1) is 13.1. The van der Waals surface area contributed by atoms with Crippen molar-refractivity contribution in [3.05, 3.63) is 23.2 Å². The van der Waals surface area contributed by atoms with Crippen LogP contribution in [0.25, 0.3) is 0 Å². The summed E-state index contributed by atoms with van der Waals surface area (Å²) in [5.74, 6) is 1.30. The van der Waals surface area contributed by atoms with Crippen LogP contribution in [0.2, 0.25) is 0 Å². The Bertz CT molecular complexity index is 444. The van der Waals surface area contributed by atoms with Gasteiger partial charge in [-0.05, 0) is 32.8 Å². The molecule has 4 heteroatoms. The van der Waals surface area contributed by atoms with Crippen LogP contribution in [0.3, 0.4) is 0 Å². The molecule has 18 heavy (non-hydrogen) atoms. The predicted molar refractivity (Wildman–Crippen MR) is 68.6 cm³/mol. The second-order valence-corrected chi connectivity index (χ2v) is 5.42. The van der Waals surface area contributed by atoms with Gasteiger partial charge in [0, 0.05) is 13.6 Å². The Kier molecular flexibility index (Phi) is 3.48. The van der Waals surface area contributed by atoms with E-state index in [4.69, 9.17) is 4.42 Å². The van der Waals surface area contributed by atoms with Gasteiger partial charge >= 0.3 is 0 Å². The Morgan fingerprint density at radius 2 is 2.06 bits per heavy atom. The Morgan fingerprint density at radius 1 is 1.44 bits per heavy atom. The van der Waals surface area contributed by atoms with Crippen molar-refractivity contribution in [2.45, 2.75) is 45.1 Å². The Balaban J connectivity index is 2.07. The lowest BCUT2D eigenvalue weighted by atomic mass is 10.0. The van der Waals surface area contributed by atoms with Gasteiger partial charge in [-0.15, -0.1) is 0 Å². The van der Waals surface area contributed by atoms with E-state index in [2.05, 4.69) is 0 Å². The van der Waals surface area contributed by atoms with Crippen LogP contribution in [0.15, 0.2) is 10.5 Å². The minimum absolute atomic E-state index is 0.0790. The summed E-state index contributed by atoms with van der Waals surface area (Å²) in [6.45, 7) is 4.02. The molecule has 0 atom stereocenters. The van der Waals surface area contributed by atoms with Crippen molar-refractivity contribution >= 4 is 5.91 Å². The highest BCUT2D eigenvalue weighted by Gasteiger charge is 2.34. The van der Waals surface area contributed by atoms with Gasteiger partial charge in [-0.25, -0.2) is 0 Å². The van der Waals surface area contributed by atoms with Crippen LogP contribution in [0.1, 0.15) is 47.6 Å². The lowest BCUT2D eigenvalue weighted by Gasteiger charge is -2.28. The van der Waals surface area contributed by atoms with E-state index >= 15 is 0 Å². The smallest absolute Gasteiger partial charge is 0.257 e. The third kappa shape index (κ3) is 2.58. The lowest BCUT2D eigenvalue weighted by Crippen LogP contribution is -2.42. The highest BCUT2D eigenvalue weighted by molar-refractivity contribution is 5.95. The summed E-state index contributed by atoms with van der Waals surface area (Å²) >= 11 is 0. The van der Waals surface area contributed by atoms with Gasteiger partial charge in [0.05, 0.1) is 11.2 Å². The Hall–Kier alpha value is -1.29. The number of carbonyl (C=O) groups excluding carboxylic acids is 1. The van der Waals surface area contributed by atoms with Crippen LogP contribution in [0.5, 0.6) is 0 Å². The Labute approximate surface area is 108 Å². The number of hydrogen-bond donors (Lipinski definition) is 1. The number of hydrogen-bond acceptors (Lipinski definition) is 3. The number of likely N-dealkylation sites (N-methyl/N-ethyl adjacent to an activating group) is 1. The minimum Gasteiger partial charge on any atom is -0.466 e. The number of aliphatic hydroxyl groups is 1. The minimum atomic E-state index is -0.697. The van der Waals surface area contributed by atoms with Crippen LogP contribution in [0, 0.1) is 13.8 Å². The van der Waals surface area contributed by atoms with E-state index in [1.54, 1.807) is 24.9 Å². The second-order valence-electron chi connectivity index (χ2n) is 5.42. The molecule has 1 aromatic rings. The maximum atomic E-state index is 12.3. The van der Waals surface area contributed by atoms with Gasteiger partial charge in [-0.1, -0.05) is 12.8 Å². The van der Waals surface area contributed by atoms with Gasteiger partial charge in [-0.2, -0.15) is 0 Å². The normalized spacial score (nSPS) is 18.0. The van der Waals surface area contributed by atoms with E-state index < -0.39 is 5.60 Å². The number of nitrogens with zero attached hydrogens (tertiary/aromatic N) is 1. The van der Waals surface area contributed by atoms with Gasteiger partial charge < -0.3 is 14.4 Å². The summed E-state index contributed by atoms with van der Waals surface area (Å²) in [5, 5.41) is 10.3. The summed E-state index contributed by atoms with van der Waals surface area (Å²) in [6, 6.07) is 1.76. The zero-order valence-corrected chi connectivity index (χ0v) is 11.3. The molecule has 0 bridgehead atoms. The predicted octanol–water partition coefficient (Wildman–Crippen LogP) is 2.27. The second kappa shape index (κ2) is 4.76. The number of rotatable bonds is 3. The van der Waals surface area contributed by atoms with Crippen LogP contribution in [-0.4, -0.2) is 35.1 Å². The van der Waals surface area contributed by atoms with Gasteiger partial charge in [-0.3, -0.25) is 4.79 Å². The fraction of sp³-hybridized carbons (Fsp3) is 0.643. The summed E-state index contributed by atoms with van der Waals surface area (Å²) in [7, 11) is 1.74. The average molecular weight is 251 g/mol. The molecule has 4 nitrogen and oxygen atoms in total. The van der Waals surface area contributed by atoms with E-state index in [0.717, 1.165) is 31.4 Å². The molecule has 1 amide bonds. The number of aryl methyl sites for hydroxylation is 2. The summed E-state index contributed by atoms with van der Waals surface area (Å²) in [6.07, 6.45) is 3.66. The van der Waals surface area contributed by atoms with Gasteiger partial charge in [0.15, 0.2) is 0 Å². The third-order valence-corrected chi connectivity index (χ3v) is 3.68. The van der Waals surface area contributed by atoms with Crippen molar-refractivity contribution in [1.29, 1.82) is 0 Å². The monoisotopic (exact) mass is 251 g/mol.